The van der Waals surface area contributed by atoms with Gasteiger partial charge in [0.15, 0.2) is 5.16 Å². The molecule has 7 heteroatoms. The Hall–Kier alpha value is -0.340. The van der Waals surface area contributed by atoms with Crippen molar-refractivity contribution >= 4 is 45.1 Å². The highest BCUT2D eigenvalue weighted by atomic mass is 32.2. The van der Waals surface area contributed by atoms with Crippen molar-refractivity contribution < 1.29 is 9.64 Å². The summed E-state index contributed by atoms with van der Waals surface area (Å²) in [6.07, 6.45) is 3.00. The van der Waals surface area contributed by atoms with E-state index >= 15 is 0 Å². The number of nitrogens with one attached hydrogen (secondary N) is 1. The number of ether oxygens (including phenoxy) is 1. The number of nitrogens with zero attached hydrogens (tertiary/aromatic N) is 2. The normalized spacial score (nSPS) is 17.0. The quantitative estimate of drug-likeness (QED) is 0.497. The number of thioether (sulfide) groups is 2. The molecule has 0 saturated carbocycles. The highest BCUT2D eigenvalue weighted by molar-refractivity contribution is 7.99. The largest absolute Gasteiger partial charge is 0.370 e. The molecule has 23 heavy (non-hydrogen) atoms. The summed E-state index contributed by atoms with van der Waals surface area (Å²) in [7, 11) is 4.37. The Morgan fingerprint density at radius 3 is 2.78 bits per heavy atom. The Kier molecular flexibility index (Phi) is 5.23. The number of hydrogen-bond acceptors (Lipinski definition) is 6. The van der Waals surface area contributed by atoms with E-state index in [1.165, 1.54) is 20.0 Å². The minimum atomic E-state index is -0.0781. The maximum absolute atomic E-state index is 6.01. The Balaban J connectivity index is 2.00. The molecule has 0 aromatic carbocycles. The van der Waals surface area contributed by atoms with E-state index in [0.717, 1.165) is 34.4 Å². The highest BCUT2D eigenvalue weighted by Crippen LogP contribution is 2.41. The third-order valence-electron chi connectivity index (χ3n) is 3.88. The van der Waals surface area contributed by atoms with Crippen LogP contribution in [0, 0.1) is 0 Å². The molecule has 2 aromatic rings. The zero-order valence-corrected chi connectivity index (χ0v) is 16.8. The molecule has 0 fully saturated rings. The van der Waals surface area contributed by atoms with E-state index in [1.54, 1.807) is 11.8 Å². The van der Waals surface area contributed by atoms with Crippen molar-refractivity contribution in [2.75, 3.05) is 32.6 Å². The van der Waals surface area contributed by atoms with E-state index in [0.29, 0.717) is 6.61 Å². The van der Waals surface area contributed by atoms with Crippen LogP contribution in [0.2, 0.25) is 0 Å². The molecule has 4 nitrogen and oxygen atoms in total. The van der Waals surface area contributed by atoms with Gasteiger partial charge < -0.3 is 9.64 Å². The van der Waals surface area contributed by atoms with E-state index in [9.17, 15) is 0 Å². The zero-order chi connectivity index (χ0) is 16.6. The van der Waals surface area contributed by atoms with Crippen LogP contribution in [0.15, 0.2) is 10.2 Å². The van der Waals surface area contributed by atoms with Crippen molar-refractivity contribution in [2.24, 2.45) is 0 Å². The van der Waals surface area contributed by atoms with E-state index in [4.69, 9.17) is 14.7 Å². The van der Waals surface area contributed by atoms with E-state index in [2.05, 4.69) is 27.9 Å². The molecule has 126 valence electrons. The number of hydrogen-bond donors (Lipinski definition) is 1. The lowest BCUT2D eigenvalue weighted by atomic mass is 9.98. The molecule has 3 heterocycles. The van der Waals surface area contributed by atoms with Gasteiger partial charge in [0, 0.05) is 22.6 Å². The lowest BCUT2D eigenvalue weighted by Gasteiger charge is -2.29. The molecule has 0 radical (unpaired) electrons. The van der Waals surface area contributed by atoms with Gasteiger partial charge in [-0.1, -0.05) is 23.5 Å². The Bertz CT molecular complexity index is 712. The number of aromatic nitrogens is 2. The van der Waals surface area contributed by atoms with Gasteiger partial charge in [-0.15, -0.1) is 11.3 Å². The number of fused-ring (bicyclic) bond motifs is 3. The third kappa shape index (κ3) is 3.85. The second-order valence-electron chi connectivity index (χ2n) is 6.73. The van der Waals surface area contributed by atoms with Crippen LogP contribution in [0.25, 0.3) is 10.2 Å². The van der Waals surface area contributed by atoms with Gasteiger partial charge in [-0.05, 0) is 20.1 Å². The molecule has 1 N–H and O–H groups in total. The van der Waals surface area contributed by atoms with Crippen LogP contribution >= 0.6 is 34.9 Å². The van der Waals surface area contributed by atoms with Crippen LogP contribution in [-0.2, 0) is 17.8 Å². The van der Waals surface area contributed by atoms with Crippen LogP contribution < -0.4 is 4.90 Å². The lowest BCUT2D eigenvalue weighted by Crippen LogP contribution is -3.06. The molecule has 0 spiro atoms. The van der Waals surface area contributed by atoms with Crippen molar-refractivity contribution in [3.8, 4) is 0 Å². The van der Waals surface area contributed by atoms with Crippen LogP contribution in [-0.4, -0.2) is 48.2 Å². The number of rotatable bonds is 5. The van der Waals surface area contributed by atoms with Gasteiger partial charge in [0.05, 0.1) is 43.1 Å². The summed E-state index contributed by atoms with van der Waals surface area (Å²) in [4.78, 5) is 12.4. The lowest BCUT2D eigenvalue weighted by molar-refractivity contribution is -0.855. The van der Waals surface area contributed by atoms with Gasteiger partial charge in [-0.2, -0.15) is 0 Å². The first-order valence-corrected chi connectivity index (χ1v) is 10.8. The highest BCUT2D eigenvalue weighted by Gasteiger charge is 2.30. The van der Waals surface area contributed by atoms with Gasteiger partial charge in [0.25, 0.3) is 0 Å². The van der Waals surface area contributed by atoms with E-state index < -0.39 is 0 Å². The summed E-state index contributed by atoms with van der Waals surface area (Å²) in [5.74, 6) is 1.08. The molecule has 2 aromatic heterocycles. The first kappa shape index (κ1) is 17.5. The summed E-state index contributed by atoms with van der Waals surface area (Å²) in [6.45, 7) is 6.12. The molecule has 0 bridgehead atoms. The molecular formula is C16H24N3OS3+. The topological polar surface area (TPSA) is 39.5 Å². The summed E-state index contributed by atoms with van der Waals surface area (Å²) < 4.78 is 7.26. The van der Waals surface area contributed by atoms with E-state index in [1.807, 2.05) is 29.4 Å². The monoisotopic (exact) mass is 370 g/mol. The zero-order valence-electron chi connectivity index (χ0n) is 14.4. The average Bonchev–Trinajstić information content (AvgIpc) is 2.82. The summed E-state index contributed by atoms with van der Waals surface area (Å²) >= 11 is 5.33. The Morgan fingerprint density at radius 1 is 1.30 bits per heavy atom. The molecule has 1 aliphatic rings. The Labute approximate surface area is 150 Å². The van der Waals surface area contributed by atoms with Crippen molar-refractivity contribution in [2.45, 2.75) is 42.7 Å². The first-order valence-electron chi connectivity index (χ1n) is 7.81. The molecule has 0 atom stereocenters. The number of quaternary nitrogens is 1. The Morgan fingerprint density at radius 2 is 2.09 bits per heavy atom. The van der Waals surface area contributed by atoms with Crippen LogP contribution in [0.3, 0.4) is 0 Å². The maximum Gasteiger partial charge on any atom is 0.188 e. The van der Waals surface area contributed by atoms with Crippen LogP contribution in [0.1, 0.15) is 24.3 Å². The predicted octanol–water partition coefficient (Wildman–Crippen LogP) is 2.50. The fourth-order valence-electron chi connectivity index (χ4n) is 2.56. The van der Waals surface area contributed by atoms with Crippen molar-refractivity contribution in [3.63, 3.8) is 0 Å². The minimum absolute atomic E-state index is 0.0781. The number of thiophene rings is 1. The third-order valence-corrected chi connectivity index (χ3v) is 6.76. The fourth-order valence-corrected chi connectivity index (χ4v) is 5.71. The van der Waals surface area contributed by atoms with Gasteiger partial charge >= 0.3 is 0 Å². The maximum atomic E-state index is 6.01. The second-order valence-corrected chi connectivity index (χ2v) is 9.69. The smallest absolute Gasteiger partial charge is 0.188 e. The van der Waals surface area contributed by atoms with Crippen molar-refractivity contribution in [3.05, 3.63) is 10.4 Å². The summed E-state index contributed by atoms with van der Waals surface area (Å²) in [6, 6.07) is 0. The van der Waals surface area contributed by atoms with Gasteiger partial charge in [0.1, 0.15) is 5.03 Å². The summed E-state index contributed by atoms with van der Waals surface area (Å²) in [5.41, 5.74) is 2.31. The molecule has 1 aliphatic heterocycles. The minimum Gasteiger partial charge on any atom is -0.370 e. The second kappa shape index (κ2) is 6.88. The van der Waals surface area contributed by atoms with Crippen LogP contribution in [0.4, 0.5) is 0 Å². The first-order chi connectivity index (χ1) is 10.9. The molecule has 0 saturated heterocycles. The van der Waals surface area contributed by atoms with Gasteiger partial charge in [-0.3, -0.25) is 0 Å². The van der Waals surface area contributed by atoms with Crippen molar-refractivity contribution in [1.82, 2.24) is 9.97 Å². The fraction of sp³-hybridized carbons (Fsp3) is 0.625. The molecular weight excluding hydrogens is 346 g/mol. The van der Waals surface area contributed by atoms with Crippen molar-refractivity contribution in [1.29, 1.82) is 0 Å². The predicted molar refractivity (Wildman–Crippen MR) is 100 cm³/mol. The standard InChI is InChI=1S/C16H23N3OS3/c1-16(2)8-11-10(9-20-16)12-13(23-11)14(18-15(17-12)21-5)22-7-6-19(3)4/h6-9H2,1-5H3/p+1. The summed E-state index contributed by atoms with van der Waals surface area (Å²) in [5, 5.41) is 2.00. The van der Waals surface area contributed by atoms with Gasteiger partial charge in [0.2, 0.25) is 0 Å². The molecule has 0 unspecified atom stereocenters. The average molecular weight is 371 g/mol. The molecule has 3 rings (SSSR count). The molecule has 0 amide bonds. The molecule has 0 aliphatic carbocycles. The SMILES string of the molecule is CSc1nc(SCC[NH+](C)C)c2sc3c(c2n1)COC(C)(C)C3. The van der Waals surface area contributed by atoms with Gasteiger partial charge in [-0.25, -0.2) is 9.97 Å². The van der Waals surface area contributed by atoms with Crippen LogP contribution in [0.5, 0.6) is 0 Å². The van der Waals surface area contributed by atoms with E-state index in [-0.39, 0.29) is 5.60 Å².